The lowest BCUT2D eigenvalue weighted by atomic mass is 10.0. The Balaban J connectivity index is 2.15. The molecule has 1 fully saturated rings. The molecule has 1 aliphatic heterocycles. The summed E-state index contributed by atoms with van der Waals surface area (Å²) in [7, 11) is 6.38. The summed E-state index contributed by atoms with van der Waals surface area (Å²) in [5, 5.41) is 4.03. The average Bonchev–Trinajstić information content (AvgIpc) is 2.39. The molecular formula is C15H24ClN3. The van der Waals surface area contributed by atoms with Gasteiger partial charge in [-0.1, -0.05) is 11.6 Å². The monoisotopic (exact) mass is 281 g/mol. The molecule has 0 radical (unpaired) electrons. The second-order valence-electron chi connectivity index (χ2n) is 5.45. The summed E-state index contributed by atoms with van der Waals surface area (Å²) in [6.07, 6.45) is 2.46. The van der Waals surface area contributed by atoms with Gasteiger partial charge in [-0.15, -0.1) is 0 Å². The Kier molecular flexibility index (Phi) is 5.08. The predicted molar refractivity (Wildman–Crippen MR) is 83.1 cm³/mol. The second kappa shape index (κ2) is 6.60. The van der Waals surface area contributed by atoms with Gasteiger partial charge in [-0.05, 0) is 63.8 Å². The quantitative estimate of drug-likeness (QED) is 0.915. The fourth-order valence-electron chi connectivity index (χ4n) is 2.81. The van der Waals surface area contributed by atoms with E-state index in [0.29, 0.717) is 6.04 Å². The number of piperidine rings is 1. The van der Waals surface area contributed by atoms with Crippen molar-refractivity contribution in [1.82, 2.24) is 10.2 Å². The minimum absolute atomic E-state index is 0.632. The molecule has 0 bridgehead atoms. The molecule has 106 valence electrons. The molecule has 0 saturated carbocycles. The molecule has 2 rings (SSSR count). The number of benzene rings is 1. The van der Waals surface area contributed by atoms with Crippen molar-refractivity contribution in [3.63, 3.8) is 0 Å². The van der Waals surface area contributed by atoms with Crippen LogP contribution in [0.4, 0.5) is 5.69 Å². The van der Waals surface area contributed by atoms with Crippen molar-refractivity contribution >= 4 is 17.3 Å². The first kappa shape index (κ1) is 14.6. The highest BCUT2D eigenvalue weighted by Gasteiger charge is 2.22. The second-order valence-corrected chi connectivity index (χ2v) is 5.89. The summed E-state index contributed by atoms with van der Waals surface area (Å²) < 4.78 is 0. The van der Waals surface area contributed by atoms with Gasteiger partial charge in [0.15, 0.2) is 0 Å². The van der Waals surface area contributed by atoms with E-state index in [0.717, 1.165) is 11.6 Å². The van der Waals surface area contributed by atoms with Gasteiger partial charge in [0.2, 0.25) is 0 Å². The minimum Gasteiger partial charge on any atom is -0.371 e. The SMILES string of the molecule is CNCc1cc(Cl)ccc1N(C)C1CCN(C)CC1. The minimum atomic E-state index is 0.632. The molecule has 1 saturated heterocycles. The Morgan fingerprint density at radius 3 is 2.68 bits per heavy atom. The van der Waals surface area contributed by atoms with Crippen LogP contribution in [0.2, 0.25) is 5.02 Å². The molecule has 19 heavy (non-hydrogen) atoms. The number of hydrogen-bond donors (Lipinski definition) is 1. The normalized spacial score (nSPS) is 17.7. The molecular weight excluding hydrogens is 258 g/mol. The van der Waals surface area contributed by atoms with Gasteiger partial charge >= 0.3 is 0 Å². The Hall–Kier alpha value is -0.770. The molecule has 0 amide bonds. The number of halogens is 1. The lowest BCUT2D eigenvalue weighted by Gasteiger charge is -2.37. The van der Waals surface area contributed by atoms with Gasteiger partial charge in [-0.3, -0.25) is 0 Å². The van der Waals surface area contributed by atoms with Crippen LogP contribution in [0.1, 0.15) is 18.4 Å². The number of anilines is 1. The number of rotatable bonds is 4. The third-order valence-electron chi connectivity index (χ3n) is 4.02. The van der Waals surface area contributed by atoms with Crippen molar-refractivity contribution in [2.24, 2.45) is 0 Å². The van der Waals surface area contributed by atoms with Crippen LogP contribution in [0, 0.1) is 0 Å². The average molecular weight is 282 g/mol. The number of nitrogens with zero attached hydrogens (tertiary/aromatic N) is 2. The van der Waals surface area contributed by atoms with Crippen molar-refractivity contribution < 1.29 is 0 Å². The van der Waals surface area contributed by atoms with Crippen LogP contribution in [0.3, 0.4) is 0 Å². The maximum absolute atomic E-state index is 6.11. The fraction of sp³-hybridized carbons (Fsp3) is 0.600. The van der Waals surface area contributed by atoms with E-state index in [1.807, 2.05) is 13.1 Å². The third-order valence-corrected chi connectivity index (χ3v) is 4.26. The Labute approximate surface area is 121 Å². The molecule has 1 aromatic rings. The lowest BCUT2D eigenvalue weighted by Crippen LogP contribution is -2.42. The molecule has 0 atom stereocenters. The molecule has 0 aliphatic carbocycles. The zero-order valence-electron chi connectivity index (χ0n) is 12.1. The van der Waals surface area contributed by atoms with Gasteiger partial charge in [-0.2, -0.15) is 0 Å². The van der Waals surface area contributed by atoms with Gasteiger partial charge < -0.3 is 15.1 Å². The molecule has 1 aromatic carbocycles. The van der Waals surface area contributed by atoms with E-state index in [4.69, 9.17) is 11.6 Å². The van der Waals surface area contributed by atoms with Crippen LogP contribution in [0.15, 0.2) is 18.2 Å². The first-order valence-electron chi connectivity index (χ1n) is 6.96. The molecule has 0 aromatic heterocycles. The van der Waals surface area contributed by atoms with Gasteiger partial charge in [0.25, 0.3) is 0 Å². The van der Waals surface area contributed by atoms with Gasteiger partial charge in [0, 0.05) is 30.3 Å². The molecule has 0 spiro atoms. The number of likely N-dealkylation sites (tertiary alicyclic amines) is 1. The third kappa shape index (κ3) is 3.62. The van der Waals surface area contributed by atoms with Crippen LogP contribution in [-0.4, -0.2) is 45.2 Å². The maximum Gasteiger partial charge on any atom is 0.0412 e. The Morgan fingerprint density at radius 2 is 2.05 bits per heavy atom. The molecule has 4 heteroatoms. The summed E-state index contributed by atoms with van der Waals surface area (Å²) >= 11 is 6.11. The van der Waals surface area contributed by atoms with Gasteiger partial charge in [0.05, 0.1) is 0 Å². The Bertz CT molecular complexity index is 414. The van der Waals surface area contributed by atoms with Crippen molar-refractivity contribution in [3.8, 4) is 0 Å². The van der Waals surface area contributed by atoms with Gasteiger partial charge in [-0.25, -0.2) is 0 Å². The van der Waals surface area contributed by atoms with Crippen LogP contribution < -0.4 is 10.2 Å². The molecule has 1 aliphatic rings. The van der Waals surface area contributed by atoms with E-state index < -0.39 is 0 Å². The van der Waals surface area contributed by atoms with Crippen molar-refractivity contribution in [1.29, 1.82) is 0 Å². The number of nitrogens with one attached hydrogen (secondary N) is 1. The van der Waals surface area contributed by atoms with Crippen LogP contribution >= 0.6 is 11.6 Å². The standard InChI is InChI=1S/C15H24ClN3/c1-17-11-12-10-13(16)4-5-15(12)19(3)14-6-8-18(2)9-7-14/h4-5,10,14,17H,6-9,11H2,1-3H3. The Morgan fingerprint density at radius 1 is 1.37 bits per heavy atom. The van der Waals surface area contributed by atoms with Gasteiger partial charge in [0.1, 0.15) is 0 Å². The lowest BCUT2D eigenvalue weighted by molar-refractivity contribution is 0.252. The molecule has 0 unspecified atom stereocenters. The van der Waals surface area contributed by atoms with Crippen molar-refractivity contribution in [2.45, 2.75) is 25.4 Å². The summed E-state index contributed by atoms with van der Waals surface area (Å²) in [6, 6.07) is 6.83. The zero-order chi connectivity index (χ0) is 13.8. The van der Waals surface area contributed by atoms with E-state index >= 15 is 0 Å². The highest BCUT2D eigenvalue weighted by atomic mass is 35.5. The van der Waals surface area contributed by atoms with Crippen LogP contribution in [0.25, 0.3) is 0 Å². The predicted octanol–water partition coefficient (Wildman–Crippen LogP) is 2.59. The first-order valence-corrected chi connectivity index (χ1v) is 7.34. The maximum atomic E-state index is 6.11. The summed E-state index contributed by atoms with van der Waals surface area (Å²) in [5.74, 6) is 0. The molecule has 1 heterocycles. The summed E-state index contributed by atoms with van der Waals surface area (Å²) in [6.45, 7) is 3.22. The number of hydrogen-bond acceptors (Lipinski definition) is 3. The van der Waals surface area contributed by atoms with E-state index in [1.165, 1.54) is 37.2 Å². The molecule has 1 N–H and O–H groups in total. The van der Waals surface area contributed by atoms with E-state index in [2.05, 4.69) is 41.3 Å². The summed E-state index contributed by atoms with van der Waals surface area (Å²) in [5.41, 5.74) is 2.57. The fourth-order valence-corrected chi connectivity index (χ4v) is 3.00. The highest BCUT2D eigenvalue weighted by molar-refractivity contribution is 6.30. The van der Waals surface area contributed by atoms with Crippen molar-refractivity contribution in [2.75, 3.05) is 39.1 Å². The van der Waals surface area contributed by atoms with E-state index in [1.54, 1.807) is 0 Å². The largest absolute Gasteiger partial charge is 0.371 e. The topological polar surface area (TPSA) is 18.5 Å². The molecule has 3 nitrogen and oxygen atoms in total. The van der Waals surface area contributed by atoms with Crippen LogP contribution in [0.5, 0.6) is 0 Å². The smallest absolute Gasteiger partial charge is 0.0412 e. The highest BCUT2D eigenvalue weighted by Crippen LogP contribution is 2.27. The summed E-state index contributed by atoms with van der Waals surface area (Å²) in [4.78, 5) is 4.83. The first-order chi connectivity index (χ1) is 9.11. The van der Waals surface area contributed by atoms with E-state index in [9.17, 15) is 0 Å². The van der Waals surface area contributed by atoms with Crippen LogP contribution in [-0.2, 0) is 6.54 Å². The van der Waals surface area contributed by atoms with Crippen molar-refractivity contribution in [3.05, 3.63) is 28.8 Å². The van der Waals surface area contributed by atoms with E-state index in [-0.39, 0.29) is 0 Å². The zero-order valence-corrected chi connectivity index (χ0v) is 12.9.